The largest absolute Gasteiger partial charge is 0.428 e. The van der Waals surface area contributed by atoms with Gasteiger partial charge in [-0.3, -0.25) is 10.1 Å². The second kappa shape index (κ2) is 8.61. The normalized spacial score (nSPS) is 15.5. The van der Waals surface area contributed by atoms with E-state index in [-0.39, 0.29) is 17.8 Å². The summed E-state index contributed by atoms with van der Waals surface area (Å²) >= 11 is 6.04. The molecule has 4 nitrogen and oxygen atoms in total. The van der Waals surface area contributed by atoms with E-state index in [1.54, 1.807) is 6.20 Å². The maximum atomic E-state index is 13.1. The summed E-state index contributed by atoms with van der Waals surface area (Å²) < 4.78 is 5.76. The van der Waals surface area contributed by atoms with E-state index >= 15 is 0 Å². The van der Waals surface area contributed by atoms with E-state index in [4.69, 9.17) is 16.0 Å². The number of nitrogens with zero attached hydrogens (tertiary/aromatic N) is 1. The summed E-state index contributed by atoms with van der Waals surface area (Å²) in [5, 5.41) is 3.58. The number of oxazole rings is 1. The summed E-state index contributed by atoms with van der Waals surface area (Å²) in [6, 6.07) is 17.9. The van der Waals surface area contributed by atoms with E-state index in [1.807, 2.05) is 54.6 Å². The van der Waals surface area contributed by atoms with Gasteiger partial charge < -0.3 is 4.42 Å². The van der Waals surface area contributed by atoms with Gasteiger partial charge in [-0.25, -0.2) is 4.98 Å². The van der Waals surface area contributed by atoms with Crippen LogP contribution in [-0.2, 0) is 11.2 Å². The van der Waals surface area contributed by atoms with Gasteiger partial charge in [0.05, 0.1) is 12.1 Å². The van der Waals surface area contributed by atoms with Crippen LogP contribution < -0.4 is 5.32 Å². The van der Waals surface area contributed by atoms with Crippen LogP contribution in [0, 0.1) is 5.92 Å². The minimum atomic E-state index is -0.174. The highest BCUT2D eigenvalue weighted by Crippen LogP contribution is 2.38. The van der Waals surface area contributed by atoms with Crippen LogP contribution in [0.4, 0.5) is 6.01 Å². The fraction of sp³-hybridized carbons (Fsp3) is 0.304. The Morgan fingerprint density at radius 3 is 2.68 bits per heavy atom. The first kappa shape index (κ1) is 18.8. The van der Waals surface area contributed by atoms with Gasteiger partial charge in [0.15, 0.2) is 0 Å². The maximum Gasteiger partial charge on any atom is 0.301 e. The van der Waals surface area contributed by atoms with Crippen molar-refractivity contribution in [3.05, 3.63) is 82.7 Å². The van der Waals surface area contributed by atoms with Crippen molar-refractivity contribution in [3.63, 3.8) is 0 Å². The van der Waals surface area contributed by atoms with Gasteiger partial charge in [0.25, 0.3) is 0 Å². The lowest BCUT2D eigenvalue weighted by atomic mass is 9.84. The number of benzene rings is 2. The molecule has 2 aromatic carbocycles. The Bertz CT molecular complexity index is 933. The first-order chi connectivity index (χ1) is 13.7. The molecule has 3 aromatic rings. The highest BCUT2D eigenvalue weighted by Gasteiger charge is 2.32. The molecule has 1 aliphatic rings. The van der Waals surface area contributed by atoms with Crippen LogP contribution in [0.1, 0.15) is 48.5 Å². The smallest absolute Gasteiger partial charge is 0.301 e. The molecule has 1 unspecified atom stereocenters. The highest BCUT2D eigenvalue weighted by molar-refractivity contribution is 6.30. The Balaban J connectivity index is 1.48. The zero-order valence-electron chi connectivity index (χ0n) is 15.6. The summed E-state index contributed by atoms with van der Waals surface area (Å²) in [7, 11) is 0. The van der Waals surface area contributed by atoms with Gasteiger partial charge in [-0.1, -0.05) is 66.9 Å². The second-order valence-electron chi connectivity index (χ2n) is 7.36. The quantitative estimate of drug-likeness (QED) is 0.572. The molecule has 0 bridgehead atoms. The predicted molar refractivity (Wildman–Crippen MR) is 111 cm³/mol. The number of halogens is 1. The molecule has 1 saturated carbocycles. The molecule has 0 saturated heterocycles. The standard InChI is InChI=1S/C23H23ClN2O2/c24-19-12-6-7-16(13-19)14-20-15-25-23(28-20)26-22(27)21(18-10-4-5-11-18)17-8-2-1-3-9-17/h1-3,6-9,12-13,15,18,21H,4-5,10-11,14H2,(H,25,26,27). The van der Waals surface area contributed by atoms with E-state index in [0.717, 1.165) is 24.0 Å². The molecule has 0 aliphatic heterocycles. The van der Waals surface area contributed by atoms with Crippen LogP contribution in [0.5, 0.6) is 0 Å². The molecule has 5 heteroatoms. The number of anilines is 1. The molecular formula is C23H23ClN2O2. The van der Waals surface area contributed by atoms with Crippen molar-refractivity contribution in [2.45, 2.75) is 38.0 Å². The van der Waals surface area contributed by atoms with Crippen molar-refractivity contribution in [3.8, 4) is 0 Å². The number of rotatable bonds is 6. The summed E-state index contributed by atoms with van der Waals surface area (Å²) in [6.45, 7) is 0. The van der Waals surface area contributed by atoms with Crippen molar-refractivity contribution in [1.29, 1.82) is 0 Å². The molecule has 28 heavy (non-hydrogen) atoms. The van der Waals surface area contributed by atoms with Gasteiger partial charge in [-0.15, -0.1) is 0 Å². The third kappa shape index (κ3) is 4.45. The number of carbonyl (C=O) groups excluding carboxylic acids is 1. The molecular weight excluding hydrogens is 372 g/mol. The molecule has 1 fully saturated rings. The Labute approximate surface area is 169 Å². The van der Waals surface area contributed by atoms with Crippen LogP contribution in [0.25, 0.3) is 0 Å². The van der Waals surface area contributed by atoms with Gasteiger partial charge in [0.1, 0.15) is 5.76 Å². The van der Waals surface area contributed by atoms with Crippen LogP contribution in [0.2, 0.25) is 5.02 Å². The Hall–Kier alpha value is -2.59. The van der Waals surface area contributed by atoms with E-state index < -0.39 is 0 Å². The third-order valence-electron chi connectivity index (χ3n) is 5.36. The number of hydrogen-bond acceptors (Lipinski definition) is 3. The van der Waals surface area contributed by atoms with Crippen molar-refractivity contribution in [1.82, 2.24) is 4.98 Å². The number of aromatic nitrogens is 1. The van der Waals surface area contributed by atoms with Crippen molar-refractivity contribution < 1.29 is 9.21 Å². The number of carbonyl (C=O) groups is 1. The summed E-state index contributed by atoms with van der Waals surface area (Å²) in [6.07, 6.45) is 6.77. The summed E-state index contributed by atoms with van der Waals surface area (Å²) in [5.74, 6) is 0.833. The highest BCUT2D eigenvalue weighted by atomic mass is 35.5. The maximum absolute atomic E-state index is 13.1. The Morgan fingerprint density at radius 2 is 1.93 bits per heavy atom. The van der Waals surface area contributed by atoms with Gasteiger partial charge >= 0.3 is 6.01 Å². The van der Waals surface area contributed by atoms with Gasteiger partial charge in [-0.2, -0.15) is 0 Å². The van der Waals surface area contributed by atoms with E-state index in [9.17, 15) is 4.79 Å². The fourth-order valence-corrected chi connectivity index (χ4v) is 4.28. The minimum absolute atomic E-state index is 0.0470. The molecule has 1 aromatic heterocycles. The first-order valence-corrected chi connectivity index (χ1v) is 10.1. The molecule has 4 rings (SSSR count). The van der Waals surface area contributed by atoms with Gasteiger partial charge in [-0.05, 0) is 42.0 Å². The molecule has 1 amide bonds. The van der Waals surface area contributed by atoms with E-state index in [1.165, 1.54) is 12.8 Å². The van der Waals surface area contributed by atoms with Crippen LogP contribution in [0.3, 0.4) is 0 Å². The number of nitrogens with one attached hydrogen (secondary N) is 1. The Morgan fingerprint density at radius 1 is 1.14 bits per heavy atom. The van der Waals surface area contributed by atoms with Crippen molar-refractivity contribution in [2.75, 3.05) is 5.32 Å². The number of hydrogen-bond donors (Lipinski definition) is 1. The third-order valence-corrected chi connectivity index (χ3v) is 5.60. The van der Waals surface area contributed by atoms with Crippen LogP contribution >= 0.6 is 11.6 Å². The number of amides is 1. The lowest BCUT2D eigenvalue weighted by molar-refractivity contribution is -0.118. The Kier molecular flexibility index (Phi) is 5.77. The van der Waals surface area contributed by atoms with E-state index in [0.29, 0.717) is 23.1 Å². The summed E-state index contributed by atoms with van der Waals surface area (Å²) in [5.41, 5.74) is 2.09. The zero-order valence-corrected chi connectivity index (χ0v) is 16.4. The van der Waals surface area contributed by atoms with Crippen LogP contribution in [0.15, 0.2) is 65.2 Å². The molecule has 144 valence electrons. The fourth-order valence-electron chi connectivity index (χ4n) is 4.07. The van der Waals surface area contributed by atoms with Gasteiger partial charge in [0.2, 0.25) is 5.91 Å². The molecule has 1 aliphatic carbocycles. The first-order valence-electron chi connectivity index (χ1n) is 9.74. The van der Waals surface area contributed by atoms with Gasteiger partial charge in [0, 0.05) is 11.4 Å². The average molecular weight is 395 g/mol. The average Bonchev–Trinajstić information content (AvgIpc) is 3.36. The second-order valence-corrected chi connectivity index (χ2v) is 7.80. The topological polar surface area (TPSA) is 55.1 Å². The molecule has 1 atom stereocenters. The minimum Gasteiger partial charge on any atom is -0.428 e. The van der Waals surface area contributed by atoms with Crippen molar-refractivity contribution in [2.24, 2.45) is 5.92 Å². The summed E-state index contributed by atoms with van der Waals surface area (Å²) in [4.78, 5) is 17.3. The molecule has 1 N–H and O–H groups in total. The lowest BCUT2D eigenvalue weighted by Gasteiger charge is -2.22. The lowest BCUT2D eigenvalue weighted by Crippen LogP contribution is -2.26. The molecule has 0 spiro atoms. The monoisotopic (exact) mass is 394 g/mol. The zero-order chi connectivity index (χ0) is 19.3. The predicted octanol–water partition coefficient (Wildman–Crippen LogP) is 5.83. The van der Waals surface area contributed by atoms with E-state index in [2.05, 4.69) is 10.3 Å². The van der Waals surface area contributed by atoms with Crippen molar-refractivity contribution >= 4 is 23.5 Å². The molecule has 1 heterocycles. The SMILES string of the molecule is O=C(Nc1ncc(Cc2cccc(Cl)c2)o1)C(c1ccccc1)C1CCCC1. The van der Waals surface area contributed by atoms with Crippen LogP contribution in [-0.4, -0.2) is 10.9 Å². The molecule has 0 radical (unpaired) electrons.